The Labute approximate surface area is 492 Å². The van der Waals surface area contributed by atoms with Crippen molar-refractivity contribution in [2.24, 2.45) is 10.8 Å². The van der Waals surface area contributed by atoms with Crippen LogP contribution >= 0.6 is 0 Å². The van der Waals surface area contributed by atoms with Crippen LogP contribution in [0.25, 0.3) is 11.3 Å². The van der Waals surface area contributed by atoms with E-state index in [1.54, 1.807) is 18.3 Å². The number of hydrazine groups is 1. The lowest BCUT2D eigenvalue weighted by Crippen LogP contribution is -2.64. The Balaban J connectivity index is 1.00. The molecule has 5 fully saturated rings. The van der Waals surface area contributed by atoms with E-state index in [1.165, 1.54) is 12.1 Å². The van der Waals surface area contributed by atoms with Crippen LogP contribution in [0.4, 0.5) is 59.3 Å². The normalized spacial score (nSPS) is 20.0. The number of anilines is 1. The van der Waals surface area contributed by atoms with Gasteiger partial charge in [0.05, 0.1) is 74.4 Å². The molecule has 2 aromatic carbocycles. The number of aliphatic hydroxyl groups excluding tert-OH is 1. The van der Waals surface area contributed by atoms with Gasteiger partial charge in [-0.2, -0.15) is 40.2 Å². The van der Waals surface area contributed by atoms with Gasteiger partial charge in [0.2, 0.25) is 5.91 Å². The van der Waals surface area contributed by atoms with Gasteiger partial charge in [0.25, 0.3) is 5.91 Å². The number of aromatic nitrogens is 3. The average molecular weight is 1240 g/mol. The number of ether oxygens (including phenoxy) is 5. The molecule has 9 rings (SSSR count). The van der Waals surface area contributed by atoms with E-state index in [4.69, 9.17) is 23.7 Å². The molecule has 5 aliphatic heterocycles. The highest BCUT2D eigenvalue weighted by Crippen LogP contribution is 2.42. The van der Waals surface area contributed by atoms with E-state index in [0.717, 1.165) is 57.2 Å². The van der Waals surface area contributed by atoms with Gasteiger partial charge in [-0.3, -0.25) is 19.9 Å². The Hall–Kier alpha value is -7.30. The third-order valence-electron chi connectivity index (χ3n) is 16.2. The monoisotopic (exact) mass is 1240 g/mol. The van der Waals surface area contributed by atoms with Crippen molar-refractivity contribution < 1.29 is 91.9 Å². The van der Waals surface area contributed by atoms with Gasteiger partial charge in [0.1, 0.15) is 29.5 Å². The molecule has 472 valence electrons. The number of pyridine rings is 1. The predicted molar refractivity (Wildman–Crippen MR) is 287 cm³/mol. The Morgan fingerprint density at radius 2 is 1.25 bits per heavy atom. The Bertz CT molecular complexity index is 3130. The quantitative estimate of drug-likeness (QED) is 0.0358. The number of carbonyl (C=O) groups is 4. The molecule has 6 atom stereocenters. The van der Waals surface area contributed by atoms with Gasteiger partial charge < -0.3 is 49.6 Å². The summed E-state index contributed by atoms with van der Waals surface area (Å²) in [6.45, 7) is -0.378. The molecule has 5 saturated heterocycles. The number of hydrogen-bond donors (Lipinski definition) is 5. The Morgan fingerprint density at radius 3 is 1.72 bits per heavy atom. The summed E-state index contributed by atoms with van der Waals surface area (Å²) in [5.41, 5.74) is -4.47. The van der Waals surface area contributed by atoms with E-state index in [2.05, 4.69) is 42.5 Å². The van der Waals surface area contributed by atoms with Crippen molar-refractivity contribution in [3.8, 4) is 23.1 Å². The van der Waals surface area contributed by atoms with Crippen LogP contribution in [-0.2, 0) is 46.2 Å². The zero-order valence-corrected chi connectivity index (χ0v) is 47.4. The molecular formula is C57H64F10N10O10. The van der Waals surface area contributed by atoms with Gasteiger partial charge >= 0.3 is 31.1 Å². The number of alkyl carbamates (subject to hydrolysis) is 2. The minimum absolute atomic E-state index is 0.0891. The fourth-order valence-electron chi connectivity index (χ4n) is 10.5. The van der Waals surface area contributed by atoms with Gasteiger partial charge in [-0.05, 0) is 95.0 Å². The maximum Gasteiger partial charge on any atom is 0.408 e. The van der Waals surface area contributed by atoms with Crippen molar-refractivity contribution in [3.05, 3.63) is 101 Å². The number of rotatable bonds is 21. The molecule has 5 N–H and O–H groups in total. The maximum absolute atomic E-state index is 16.2. The van der Waals surface area contributed by atoms with E-state index in [-0.39, 0.29) is 47.9 Å². The molecule has 0 radical (unpaired) electrons. The molecule has 30 heteroatoms. The van der Waals surface area contributed by atoms with Crippen LogP contribution in [0.2, 0.25) is 0 Å². The largest absolute Gasteiger partial charge is 0.441 e. The highest BCUT2D eigenvalue weighted by Gasteiger charge is 2.58. The van der Waals surface area contributed by atoms with E-state index < -0.39 is 127 Å². The topological polar surface area (TPSA) is 223 Å². The summed E-state index contributed by atoms with van der Waals surface area (Å²) in [5.74, 6) is 0.787. The number of halogens is 10. The number of hydrogen-bond acceptors (Lipinski definition) is 15. The molecule has 4 amide bonds. The Kier molecular flexibility index (Phi) is 19.3. The van der Waals surface area contributed by atoms with Crippen molar-refractivity contribution in [1.82, 2.24) is 46.0 Å². The summed E-state index contributed by atoms with van der Waals surface area (Å²) >= 11 is 0. The lowest BCUT2D eigenvalue weighted by Gasteiger charge is -2.47. The molecule has 4 aromatic rings. The summed E-state index contributed by atoms with van der Waals surface area (Å²) < 4.78 is 174. The first-order valence-electron chi connectivity index (χ1n) is 27.8. The minimum atomic E-state index is -5.26. The maximum atomic E-state index is 16.2. The second kappa shape index (κ2) is 26.2. The summed E-state index contributed by atoms with van der Waals surface area (Å²) in [6.07, 6.45) is -13.2. The van der Waals surface area contributed by atoms with E-state index in [9.17, 15) is 59.4 Å². The SMILES string of the molecule is CC(C)(C(NC(=O)OC1COC1)C(=O)NC(Cc1ccc(C#Cc2ccc(N3CC4CCC(C3)N4C3COC3)nc2)cc1)C(O)CN(Cc1c(F)cc(-c2ccn(C(F)F)n2)cc1F)NC(=O)C(NC(=O)OC1COC1)C(C)(C)C(F)(F)F)C(F)(F)F. The third-order valence-corrected chi connectivity index (χ3v) is 16.2. The summed E-state index contributed by atoms with van der Waals surface area (Å²) in [5, 5.41) is 22.5. The van der Waals surface area contributed by atoms with E-state index >= 15 is 8.78 Å². The van der Waals surface area contributed by atoms with E-state index in [0.29, 0.717) is 74.1 Å². The van der Waals surface area contributed by atoms with Gasteiger partial charge in [-0.25, -0.2) is 33.0 Å². The van der Waals surface area contributed by atoms with Crippen LogP contribution in [0.5, 0.6) is 0 Å². The van der Waals surface area contributed by atoms with Crippen LogP contribution in [0.15, 0.2) is 67.0 Å². The van der Waals surface area contributed by atoms with Gasteiger partial charge in [0, 0.05) is 72.9 Å². The fourth-order valence-corrected chi connectivity index (χ4v) is 10.5. The van der Waals surface area contributed by atoms with Crippen LogP contribution in [0.1, 0.15) is 69.3 Å². The molecule has 0 aliphatic carbocycles. The van der Waals surface area contributed by atoms with Crippen molar-refractivity contribution >= 4 is 29.8 Å². The second-order valence-electron chi connectivity index (χ2n) is 23.1. The summed E-state index contributed by atoms with van der Waals surface area (Å²) in [4.78, 5) is 64.3. The number of alkyl halides is 8. The van der Waals surface area contributed by atoms with Gasteiger partial charge in [0.15, 0.2) is 12.2 Å². The van der Waals surface area contributed by atoms with Gasteiger partial charge in [-0.15, -0.1) is 0 Å². The lowest BCUT2D eigenvalue weighted by atomic mass is 9.82. The highest BCUT2D eigenvalue weighted by molar-refractivity contribution is 5.87. The first-order chi connectivity index (χ1) is 41.0. The molecule has 0 saturated carbocycles. The predicted octanol–water partition coefficient (Wildman–Crippen LogP) is 6.16. The molecule has 6 unspecified atom stereocenters. The summed E-state index contributed by atoms with van der Waals surface area (Å²) in [7, 11) is 0. The number of benzene rings is 2. The van der Waals surface area contributed by atoms with Crippen molar-refractivity contribution in [1.29, 1.82) is 0 Å². The zero-order chi connectivity index (χ0) is 62.8. The molecule has 0 spiro atoms. The van der Waals surface area contributed by atoms with E-state index in [1.807, 2.05) is 22.8 Å². The number of nitrogens with one attached hydrogen (secondary N) is 4. The zero-order valence-electron chi connectivity index (χ0n) is 47.4. The lowest BCUT2D eigenvalue weighted by molar-refractivity contribution is -0.221. The average Bonchev–Trinajstić information content (AvgIpc) is 1.85. The minimum Gasteiger partial charge on any atom is -0.441 e. The number of amides is 4. The van der Waals surface area contributed by atoms with Crippen molar-refractivity contribution in [2.45, 2.75) is 127 Å². The number of aliphatic hydroxyl groups is 1. The highest BCUT2D eigenvalue weighted by atomic mass is 19.4. The first kappa shape index (κ1) is 64.2. The third kappa shape index (κ3) is 15.0. The Morgan fingerprint density at radius 1 is 0.724 bits per heavy atom. The fraction of sp³-hybridized carbons (Fsp3) is 0.544. The molecule has 2 bridgehead atoms. The van der Waals surface area contributed by atoms with Crippen molar-refractivity contribution in [2.75, 3.05) is 64.2 Å². The smallest absolute Gasteiger partial charge is 0.408 e. The number of piperazine rings is 1. The van der Waals surface area contributed by atoms with Gasteiger partial charge in [-0.1, -0.05) is 24.0 Å². The van der Waals surface area contributed by atoms with Crippen LogP contribution in [0, 0.1) is 34.3 Å². The molecule has 7 heterocycles. The molecular weight excluding hydrogens is 1170 g/mol. The summed E-state index contributed by atoms with van der Waals surface area (Å²) in [6, 6.07) is 6.55. The molecule has 87 heavy (non-hydrogen) atoms. The van der Waals surface area contributed by atoms with Crippen LogP contribution in [-0.4, -0.2) is 180 Å². The van der Waals surface area contributed by atoms with Crippen LogP contribution in [0.3, 0.4) is 0 Å². The van der Waals surface area contributed by atoms with Crippen LogP contribution < -0.4 is 26.3 Å². The standard InChI is InChI=1S/C57H64F10N10O10/c1-54(2,56(62,63)64)47(70-52(81)86-38-27-84-28-38)49(79)69-44(17-32-8-5-31(6-9-32)7-10-33-11-14-46(68-20-33)74-21-35-12-13-36(22-74)77(35)37-25-83-26-37)45(78)24-75(23-40-41(58)18-34(19-42(40)59)43-15-16-76(72-43)51(60)61)73-50(80)48(55(3,4)57(65,66)67)71-53(82)87-39-29-85-30-39/h5-6,8-9,11,14-16,18-20,35-39,44-45,47-48,51,78H,12-13,17,21-30H2,1-4H3,(H,69,79)(H,70,81)(H,71,82)(H,73,80). The first-order valence-corrected chi connectivity index (χ1v) is 27.8. The molecule has 5 aliphatic rings. The number of nitrogens with zero attached hydrogens (tertiary/aromatic N) is 6. The number of carbonyl (C=O) groups excluding carboxylic acids is 4. The molecule has 2 aromatic heterocycles. The number of fused-ring (bicyclic) bond motifs is 2. The molecule has 20 nitrogen and oxygen atoms in total. The second-order valence-corrected chi connectivity index (χ2v) is 23.1. The van der Waals surface area contributed by atoms with Crippen molar-refractivity contribution in [3.63, 3.8) is 0 Å².